The van der Waals surface area contributed by atoms with Gasteiger partial charge in [-0.25, -0.2) is 4.68 Å². The highest BCUT2D eigenvalue weighted by Gasteiger charge is 2.36. The van der Waals surface area contributed by atoms with Crippen LogP contribution in [0.25, 0.3) is 10.9 Å². The van der Waals surface area contributed by atoms with Crippen molar-refractivity contribution in [2.75, 3.05) is 19.6 Å². The number of piperidine rings is 3. The first kappa shape index (κ1) is 14.5. The quantitative estimate of drug-likeness (QED) is 0.611. The monoisotopic (exact) mass is 335 g/mol. The molecule has 3 saturated heterocycles. The lowest BCUT2D eigenvalue weighted by atomic mass is 9.84. The number of nitrogens with zero attached hydrogens (tertiary/aromatic N) is 5. The van der Waals surface area contributed by atoms with Gasteiger partial charge >= 0.3 is 0 Å². The number of aromatic nitrogens is 3. The van der Waals surface area contributed by atoms with Gasteiger partial charge in [-0.15, -0.1) is 5.10 Å². The molecule has 1 atom stereocenters. The summed E-state index contributed by atoms with van der Waals surface area (Å²) in [6.45, 7) is 2.93. The molecule has 1 unspecified atom stereocenters. The highest BCUT2D eigenvalue weighted by Crippen LogP contribution is 2.34. The summed E-state index contributed by atoms with van der Waals surface area (Å²) in [5.41, 5.74) is -0.359. The summed E-state index contributed by atoms with van der Waals surface area (Å²) in [6, 6.07) is 2.53. The van der Waals surface area contributed by atoms with Crippen molar-refractivity contribution < 1.29 is 4.92 Å². The molecular weight excluding hydrogens is 322 g/mol. The van der Waals surface area contributed by atoms with E-state index in [0.29, 0.717) is 5.92 Å². The van der Waals surface area contributed by atoms with Gasteiger partial charge in [-0.3, -0.25) is 14.9 Å². The summed E-state index contributed by atoms with van der Waals surface area (Å²) in [5.74, 6) is 0.429. The summed E-state index contributed by atoms with van der Waals surface area (Å²) in [7, 11) is 0. The molecule has 5 rings (SSSR count). The number of nitro groups is 1. The highest BCUT2D eigenvalue weighted by atomic mass is 35.5. The van der Waals surface area contributed by atoms with Crippen molar-refractivity contribution in [1.29, 1.82) is 0 Å². The Morgan fingerprint density at radius 3 is 2.65 bits per heavy atom. The Morgan fingerprint density at radius 1 is 1.30 bits per heavy atom. The molecule has 0 N–H and O–H groups in total. The molecule has 23 heavy (non-hydrogen) atoms. The third-order valence-corrected chi connectivity index (χ3v) is 5.19. The lowest BCUT2D eigenvalue weighted by molar-refractivity contribution is -0.384. The van der Waals surface area contributed by atoms with Gasteiger partial charge < -0.3 is 4.90 Å². The molecular formula is C14H14ClN5O3. The zero-order valence-electron chi connectivity index (χ0n) is 12.2. The van der Waals surface area contributed by atoms with Crippen molar-refractivity contribution in [3.05, 3.63) is 37.6 Å². The lowest BCUT2D eigenvalue weighted by Gasteiger charge is -2.44. The second-order valence-electron chi connectivity index (χ2n) is 6.12. The Hall–Kier alpha value is -2.06. The predicted molar refractivity (Wildman–Crippen MR) is 83.7 cm³/mol. The summed E-state index contributed by atoms with van der Waals surface area (Å²) in [6.07, 6.45) is 2.11. The van der Waals surface area contributed by atoms with E-state index in [2.05, 4.69) is 15.2 Å². The number of fused-ring (bicyclic) bond motifs is 4. The third-order valence-electron chi connectivity index (χ3n) is 4.88. The molecule has 0 spiro atoms. The molecule has 2 bridgehead atoms. The standard InChI is InChI=1S/C14H14ClN5O3/c15-10-5-9-11(6-12(10)20(22)23)16-17-19(14(9)21)13-7-18-3-1-8(13)2-4-18/h5-6,8,13H,1-4,7H2. The van der Waals surface area contributed by atoms with Crippen molar-refractivity contribution in [3.63, 3.8) is 0 Å². The fourth-order valence-corrected chi connectivity index (χ4v) is 3.87. The predicted octanol–water partition coefficient (Wildman–Crippen LogP) is 1.62. The molecule has 3 aliphatic rings. The molecule has 0 saturated carbocycles. The van der Waals surface area contributed by atoms with Crippen molar-refractivity contribution >= 4 is 28.2 Å². The van der Waals surface area contributed by atoms with Crippen LogP contribution in [-0.2, 0) is 0 Å². The van der Waals surface area contributed by atoms with Crippen LogP contribution in [0.15, 0.2) is 16.9 Å². The molecule has 4 heterocycles. The summed E-state index contributed by atoms with van der Waals surface area (Å²) < 4.78 is 1.43. The number of nitro benzene ring substituents is 1. The number of halogens is 1. The van der Waals surface area contributed by atoms with Gasteiger partial charge in [0.15, 0.2) is 0 Å². The second-order valence-corrected chi connectivity index (χ2v) is 6.53. The number of hydrogen-bond acceptors (Lipinski definition) is 6. The van der Waals surface area contributed by atoms with Crippen molar-refractivity contribution in [2.45, 2.75) is 18.9 Å². The summed E-state index contributed by atoms with van der Waals surface area (Å²) >= 11 is 5.93. The maximum absolute atomic E-state index is 12.8. The first-order valence-corrected chi connectivity index (χ1v) is 7.88. The first-order chi connectivity index (χ1) is 11.0. The summed E-state index contributed by atoms with van der Waals surface area (Å²) in [5, 5.41) is 19.2. The molecule has 3 aliphatic heterocycles. The lowest BCUT2D eigenvalue weighted by Crippen LogP contribution is -2.50. The Bertz CT molecular complexity index is 859. The van der Waals surface area contributed by atoms with E-state index in [9.17, 15) is 14.9 Å². The average Bonchev–Trinajstić information content (AvgIpc) is 2.56. The van der Waals surface area contributed by atoms with Crippen LogP contribution in [0.2, 0.25) is 5.02 Å². The van der Waals surface area contributed by atoms with Gasteiger partial charge in [0.05, 0.1) is 16.4 Å². The van der Waals surface area contributed by atoms with Crippen LogP contribution in [0.1, 0.15) is 18.9 Å². The molecule has 3 fully saturated rings. The van der Waals surface area contributed by atoms with E-state index in [1.54, 1.807) is 0 Å². The number of benzene rings is 1. The van der Waals surface area contributed by atoms with Crippen molar-refractivity contribution in [3.8, 4) is 0 Å². The first-order valence-electron chi connectivity index (χ1n) is 7.50. The summed E-state index contributed by atoms with van der Waals surface area (Å²) in [4.78, 5) is 25.4. The van der Waals surface area contributed by atoms with Gasteiger partial charge in [0.2, 0.25) is 0 Å². The fraction of sp³-hybridized carbons (Fsp3) is 0.500. The maximum atomic E-state index is 12.8. The Morgan fingerprint density at radius 2 is 2.04 bits per heavy atom. The smallest absolute Gasteiger partial charge is 0.290 e. The number of hydrogen-bond donors (Lipinski definition) is 0. The maximum Gasteiger partial charge on any atom is 0.290 e. The van der Waals surface area contributed by atoms with Gasteiger partial charge in [0.25, 0.3) is 11.2 Å². The van der Waals surface area contributed by atoms with Gasteiger partial charge in [0.1, 0.15) is 10.5 Å². The molecule has 0 radical (unpaired) electrons. The minimum absolute atomic E-state index is 0.0101. The largest absolute Gasteiger partial charge is 0.301 e. The van der Waals surface area contributed by atoms with Crippen LogP contribution in [0, 0.1) is 16.0 Å². The van der Waals surface area contributed by atoms with E-state index in [1.165, 1.54) is 16.8 Å². The molecule has 120 valence electrons. The Kier molecular flexibility index (Phi) is 3.31. The van der Waals surface area contributed by atoms with E-state index in [0.717, 1.165) is 32.5 Å². The molecule has 1 aromatic carbocycles. The van der Waals surface area contributed by atoms with Crippen LogP contribution in [0.5, 0.6) is 0 Å². The molecule has 8 nitrogen and oxygen atoms in total. The van der Waals surface area contributed by atoms with Crippen molar-refractivity contribution in [1.82, 2.24) is 19.9 Å². The van der Waals surface area contributed by atoms with E-state index < -0.39 is 4.92 Å². The Labute approximate surface area is 135 Å². The van der Waals surface area contributed by atoms with E-state index in [-0.39, 0.29) is 33.2 Å². The fourth-order valence-electron chi connectivity index (χ4n) is 3.63. The van der Waals surface area contributed by atoms with Crippen LogP contribution >= 0.6 is 11.6 Å². The molecule has 2 aromatic rings. The zero-order chi connectivity index (χ0) is 16.1. The van der Waals surface area contributed by atoms with E-state index in [1.807, 2.05) is 0 Å². The van der Waals surface area contributed by atoms with Gasteiger partial charge in [0, 0.05) is 12.6 Å². The van der Waals surface area contributed by atoms with Crippen LogP contribution in [0.3, 0.4) is 0 Å². The topological polar surface area (TPSA) is 94.2 Å². The van der Waals surface area contributed by atoms with Gasteiger partial charge in [-0.1, -0.05) is 16.8 Å². The molecule has 0 amide bonds. The Balaban J connectivity index is 1.84. The van der Waals surface area contributed by atoms with Gasteiger partial charge in [-0.05, 0) is 37.9 Å². The normalized spacial score (nSPS) is 26.6. The van der Waals surface area contributed by atoms with Crippen LogP contribution in [0.4, 0.5) is 5.69 Å². The minimum Gasteiger partial charge on any atom is -0.301 e. The molecule has 0 aliphatic carbocycles. The SMILES string of the molecule is O=c1c2cc(Cl)c([N+](=O)[O-])cc2nnn1C1CN2CCC1CC2. The number of rotatable bonds is 2. The van der Waals surface area contributed by atoms with Crippen LogP contribution < -0.4 is 5.56 Å². The molecule has 1 aromatic heterocycles. The zero-order valence-corrected chi connectivity index (χ0v) is 12.9. The van der Waals surface area contributed by atoms with E-state index in [4.69, 9.17) is 11.6 Å². The molecule has 9 heteroatoms. The minimum atomic E-state index is -0.595. The highest BCUT2D eigenvalue weighted by molar-refractivity contribution is 6.33. The average molecular weight is 336 g/mol. The van der Waals surface area contributed by atoms with Crippen molar-refractivity contribution in [2.24, 2.45) is 5.92 Å². The van der Waals surface area contributed by atoms with Crippen LogP contribution in [-0.4, -0.2) is 44.5 Å². The second kappa shape index (κ2) is 5.24. The van der Waals surface area contributed by atoms with Gasteiger partial charge in [-0.2, -0.15) is 0 Å². The third kappa shape index (κ3) is 2.29. The van der Waals surface area contributed by atoms with E-state index >= 15 is 0 Å².